The summed E-state index contributed by atoms with van der Waals surface area (Å²) in [6.45, 7) is 3.70. The standard InChI is InChI=1S/C23H28F3N3O4S/c1-4-33-21(30)14-29-20-7-5-6-19(18(20)13-27-29)28(3)34(31,32)17-11-15(22(2)8-9-22)10-16(12-17)23(24,25)26/h10-13,19H,4-9,14H2,1-3H3. The molecule has 7 nitrogen and oxygen atoms in total. The van der Waals surface area contributed by atoms with E-state index in [4.69, 9.17) is 4.74 Å². The molecular formula is C23H28F3N3O4S. The second kappa shape index (κ2) is 8.67. The zero-order chi connectivity index (χ0) is 24.9. The quantitative estimate of drug-likeness (QED) is 0.533. The van der Waals surface area contributed by atoms with Gasteiger partial charge in [0, 0.05) is 18.3 Å². The predicted octanol–water partition coefficient (Wildman–Crippen LogP) is 4.21. The summed E-state index contributed by atoms with van der Waals surface area (Å²) in [5.41, 5.74) is 0.387. The van der Waals surface area contributed by atoms with E-state index in [-0.39, 0.29) is 18.0 Å². The van der Waals surface area contributed by atoms with Gasteiger partial charge in [0.05, 0.1) is 29.3 Å². The van der Waals surface area contributed by atoms with Crippen LogP contribution in [0.3, 0.4) is 0 Å². The molecule has 34 heavy (non-hydrogen) atoms. The maximum absolute atomic E-state index is 13.6. The molecule has 0 radical (unpaired) electrons. The van der Waals surface area contributed by atoms with Crippen LogP contribution < -0.4 is 0 Å². The summed E-state index contributed by atoms with van der Waals surface area (Å²) in [6, 6.07) is 2.56. The number of esters is 1. The average molecular weight is 500 g/mol. The van der Waals surface area contributed by atoms with Crippen LogP contribution >= 0.6 is 0 Å². The molecule has 1 unspecified atom stereocenters. The zero-order valence-corrected chi connectivity index (χ0v) is 20.2. The third-order valence-corrected chi connectivity index (χ3v) is 8.71. The van der Waals surface area contributed by atoms with Gasteiger partial charge in [0.15, 0.2) is 0 Å². The molecule has 1 heterocycles. The predicted molar refractivity (Wildman–Crippen MR) is 118 cm³/mol. The lowest BCUT2D eigenvalue weighted by Gasteiger charge is -2.31. The molecule has 1 atom stereocenters. The molecule has 2 aromatic rings. The van der Waals surface area contributed by atoms with Crippen molar-refractivity contribution in [2.75, 3.05) is 13.7 Å². The molecule has 0 bridgehead atoms. The van der Waals surface area contributed by atoms with Crippen molar-refractivity contribution in [3.05, 3.63) is 46.8 Å². The zero-order valence-electron chi connectivity index (χ0n) is 19.4. The molecular weight excluding hydrogens is 471 g/mol. The first-order valence-electron chi connectivity index (χ1n) is 11.3. The Bertz CT molecular complexity index is 1180. The maximum Gasteiger partial charge on any atom is 0.416 e. The first kappa shape index (κ1) is 24.7. The molecule has 1 aromatic carbocycles. The largest absolute Gasteiger partial charge is 0.465 e. The fourth-order valence-electron chi connectivity index (χ4n) is 4.51. The molecule has 2 aliphatic carbocycles. The number of fused-ring (bicyclic) bond motifs is 1. The summed E-state index contributed by atoms with van der Waals surface area (Å²) in [7, 11) is -2.85. The van der Waals surface area contributed by atoms with Gasteiger partial charge >= 0.3 is 12.1 Å². The molecule has 186 valence electrons. The van der Waals surface area contributed by atoms with Crippen LogP contribution in [0.4, 0.5) is 13.2 Å². The van der Waals surface area contributed by atoms with E-state index in [2.05, 4.69) is 5.10 Å². The summed E-state index contributed by atoms with van der Waals surface area (Å²) in [5.74, 6) is -0.443. The highest BCUT2D eigenvalue weighted by molar-refractivity contribution is 7.89. The van der Waals surface area contributed by atoms with Gasteiger partial charge in [-0.3, -0.25) is 9.48 Å². The van der Waals surface area contributed by atoms with Crippen LogP contribution in [0.5, 0.6) is 0 Å². The Morgan fingerprint density at radius 2 is 2.00 bits per heavy atom. The number of hydrogen-bond donors (Lipinski definition) is 0. The third kappa shape index (κ3) is 4.59. The fraction of sp³-hybridized carbons (Fsp3) is 0.565. The minimum Gasteiger partial charge on any atom is -0.465 e. The Morgan fingerprint density at radius 1 is 1.29 bits per heavy atom. The lowest BCUT2D eigenvalue weighted by Crippen LogP contribution is -2.34. The average Bonchev–Trinajstić information content (AvgIpc) is 3.41. The number of benzene rings is 1. The molecule has 0 saturated heterocycles. The normalized spacial score (nSPS) is 19.7. The molecule has 0 spiro atoms. The number of rotatable bonds is 7. The highest BCUT2D eigenvalue weighted by Crippen LogP contribution is 2.49. The summed E-state index contributed by atoms with van der Waals surface area (Å²) < 4.78 is 75.5. The van der Waals surface area contributed by atoms with Crippen LogP contribution in [0.2, 0.25) is 0 Å². The Hall–Kier alpha value is -2.40. The number of sulfonamides is 1. The van der Waals surface area contributed by atoms with Gasteiger partial charge in [0.2, 0.25) is 10.0 Å². The Morgan fingerprint density at radius 3 is 2.62 bits per heavy atom. The van der Waals surface area contributed by atoms with Crippen molar-refractivity contribution in [1.29, 1.82) is 0 Å². The minimum absolute atomic E-state index is 0.0814. The second-order valence-electron chi connectivity index (χ2n) is 9.24. The number of halogens is 3. The van der Waals surface area contributed by atoms with Crippen molar-refractivity contribution in [2.45, 2.75) is 75.0 Å². The topological polar surface area (TPSA) is 81.5 Å². The molecule has 0 N–H and O–H groups in total. The number of aromatic nitrogens is 2. The molecule has 11 heteroatoms. The fourth-order valence-corrected chi connectivity index (χ4v) is 5.95. The Kier molecular flexibility index (Phi) is 6.30. The SMILES string of the molecule is CCOC(=O)Cn1ncc2c1CCCC2N(C)S(=O)(=O)c1cc(C(F)(F)F)cc(C2(C)CC2)c1. The van der Waals surface area contributed by atoms with Crippen LogP contribution in [-0.4, -0.2) is 42.1 Å². The van der Waals surface area contributed by atoms with E-state index in [1.165, 1.54) is 24.0 Å². The van der Waals surface area contributed by atoms with Crippen molar-refractivity contribution in [3.63, 3.8) is 0 Å². The summed E-state index contributed by atoms with van der Waals surface area (Å²) in [6.07, 6.45) is 0.0780. The lowest BCUT2D eigenvalue weighted by atomic mass is 9.93. The molecule has 4 rings (SSSR count). The lowest BCUT2D eigenvalue weighted by molar-refractivity contribution is -0.144. The van der Waals surface area contributed by atoms with E-state index in [1.54, 1.807) is 6.92 Å². The Labute approximate surface area is 196 Å². The van der Waals surface area contributed by atoms with Crippen LogP contribution in [0.25, 0.3) is 0 Å². The van der Waals surface area contributed by atoms with Crippen molar-refractivity contribution < 1.29 is 31.1 Å². The van der Waals surface area contributed by atoms with E-state index in [9.17, 15) is 26.4 Å². The van der Waals surface area contributed by atoms with Gasteiger partial charge in [-0.25, -0.2) is 8.42 Å². The van der Waals surface area contributed by atoms with Crippen LogP contribution in [0.15, 0.2) is 29.3 Å². The van der Waals surface area contributed by atoms with E-state index in [1.807, 2.05) is 6.92 Å². The van der Waals surface area contributed by atoms with E-state index >= 15 is 0 Å². The van der Waals surface area contributed by atoms with Gasteiger partial charge in [-0.2, -0.15) is 22.6 Å². The second-order valence-corrected chi connectivity index (χ2v) is 11.2. The first-order chi connectivity index (χ1) is 15.9. The van der Waals surface area contributed by atoms with E-state index in [0.717, 1.165) is 35.0 Å². The number of carbonyl (C=O) groups is 1. The number of carbonyl (C=O) groups excluding carboxylic acids is 1. The highest BCUT2D eigenvalue weighted by Gasteiger charge is 2.43. The van der Waals surface area contributed by atoms with E-state index in [0.29, 0.717) is 30.4 Å². The Balaban J connectivity index is 1.69. The number of alkyl halides is 3. The smallest absolute Gasteiger partial charge is 0.416 e. The van der Waals surface area contributed by atoms with Crippen molar-refractivity contribution in [1.82, 2.24) is 14.1 Å². The van der Waals surface area contributed by atoms with Gasteiger partial charge in [0.1, 0.15) is 6.54 Å². The van der Waals surface area contributed by atoms with Crippen molar-refractivity contribution in [2.24, 2.45) is 0 Å². The van der Waals surface area contributed by atoms with Gasteiger partial charge in [-0.1, -0.05) is 6.92 Å². The molecule has 0 amide bonds. The summed E-state index contributed by atoms with van der Waals surface area (Å²) in [4.78, 5) is 11.5. The van der Waals surface area contributed by atoms with Gasteiger partial charge < -0.3 is 4.74 Å². The third-order valence-electron chi connectivity index (χ3n) is 6.86. The van der Waals surface area contributed by atoms with E-state index < -0.39 is 39.2 Å². The molecule has 2 aliphatic rings. The minimum atomic E-state index is -4.66. The molecule has 0 aliphatic heterocycles. The number of ether oxygens (including phenoxy) is 1. The van der Waals surface area contributed by atoms with Gasteiger partial charge in [0.25, 0.3) is 0 Å². The van der Waals surface area contributed by atoms with Gasteiger partial charge in [-0.15, -0.1) is 0 Å². The van der Waals surface area contributed by atoms with Crippen molar-refractivity contribution >= 4 is 16.0 Å². The van der Waals surface area contributed by atoms with Gasteiger partial charge in [-0.05, 0) is 68.2 Å². The first-order valence-corrected chi connectivity index (χ1v) is 12.7. The summed E-state index contributed by atoms with van der Waals surface area (Å²) >= 11 is 0. The monoisotopic (exact) mass is 499 g/mol. The maximum atomic E-state index is 13.6. The number of hydrogen-bond acceptors (Lipinski definition) is 5. The molecule has 1 saturated carbocycles. The summed E-state index contributed by atoms with van der Waals surface area (Å²) in [5, 5.41) is 4.25. The van der Waals surface area contributed by atoms with Crippen LogP contribution in [0.1, 0.15) is 68.0 Å². The van der Waals surface area contributed by atoms with Crippen LogP contribution in [0, 0.1) is 0 Å². The molecule has 1 aromatic heterocycles. The van der Waals surface area contributed by atoms with Crippen molar-refractivity contribution in [3.8, 4) is 0 Å². The van der Waals surface area contributed by atoms with Crippen LogP contribution in [-0.2, 0) is 44.1 Å². The number of nitrogens with zero attached hydrogens (tertiary/aromatic N) is 3. The highest BCUT2D eigenvalue weighted by atomic mass is 32.2. The molecule has 1 fully saturated rings.